The highest BCUT2D eigenvalue weighted by Gasteiger charge is 2.51. The fourth-order valence-electron chi connectivity index (χ4n) is 3.77. The minimum Gasteiger partial charge on any atom is -0.299 e. The highest BCUT2D eigenvalue weighted by Crippen LogP contribution is 2.50. The van der Waals surface area contributed by atoms with Gasteiger partial charge in [-0.3, -0.25) is 9.59 Å². The van der Waals surface area contributed by atoms with E-state index in [1.807, 2.05) is 0 Å². The Kier molecular flexibility index (Phi) is 5.43. The summed E-state index contributed by atoms with van der Waals surface area (Å²) in [5.74, 6) is 1.91. The fourth-order valence-corrected chi connectivity index (χ4v) is 4.42. The van der Waals surface area contributed by atoms with Crippen LogP contribution in [0.4, 0.5) is 0 Å². The number of hydrogen-bond donors (Lipinski definition) is 0. The normalized spacial score (nSPS) is 35.2. The highest BCUT2D eigenvalue weighted by molar-refractivity contribution is 9.09. The van der Waals surface area contributed by atoms with Gasteiger partial charge in [0, 0.05) is 35.3 Å². The second-order valence-corrected chi connectivity index (χ2v) is 7.13. The van der Waals surface area contributed by atoms with E-state index >= 15 is 0 Å². The van der Waals surface area contributed by atoms with Crippen LogP contribution in [-0.4, -0.2) is 22.2 Å². The molecular weight excluding hydrogens is 360 g/mol. The Morgan fingerprint density at radius 2 is 1.22 bits per heavy atom. The predicted molar refractivity (Wildman–Crippen MR) is 79.3 cm³/mol. The van der Waals surface area contributed by atoms with E-state index in [0.29, 0.717) is 36.2 Å². The lowest BCUT2D eigenvalue weighted by Gasteiger charge is -2.18. The van der Waals surface area contributed by atoms with Crippen molar-refractivity contribution in [3.05, 3.63) is 0 Å². The zero-order valence-electron chi connectivity index (χ0n) is 10.5. The Bertz CT molecular complexity index is 298. The summed E-state index contributed by atoms with van der Waals surface area (Å²) < 4.78 is 0. The molecule has 0 aromatic rings. The molecule has 0 aromatic carbocycles. The molecule has 0 saturated heterocycles. The standard InChI is InChI=1S/C14H20Br2O2/c15-5-1-3-9-11-7-14(18)10(4-2-6-16)12(11)8-13(9)17/h9-12H,1-8H2/t9?,10?,11-,12-/m1/s1. The second-order valence-electron chi connectivity index (χ2n) is 5.54. The molecule has 2 aliphatic rings. The smallest absolute Gasteiger partial charge is 0.136 e. The molecule has 0 bridgehead atoms. The quantitative estimate of drug-likeness (QED) is 0.658. The zero-order chi connectivity index (χ0) is 13.1. The van der Waals surface area contributed by atoms with Crippen molar-refractivity contribution in [2.75, 3.05) is 10.7 Å². The van der Waals surface area contributed by atoms with Crippen molar-refractivity contribution < 1.29 is 9.59 Å². The first kappa shape index (κ1) is 14.7. The Hall–Kier alpha value is 0.300. The second kappa shape index (κ2) is 6.65. The summed E-state index contributed by atoms with van der Waals surface area (Å²) in [6.45, 7) is 0. The van der Waals surface area contributed by atoms with E-state index < -0.39 is 0 Å². The van der Waals surface area contributed by atoms with Gasteiger partial charge in [-0.05, 0) is 37.5 Å². The number of alkyl halides is 2. The number of carbonyl (C=O) groups excluding carboxylic acids is 2. The Labute approximate surface area is 126 Å². The maximum atomic E-state index is 12.1. The summed E-state index contributed by atoms with van der Waals surface area (Å²) in [5.41, 5.74) is 0. The summed E-state index contributed by atoms with van der Waals surface area (Å²) in [6.07, 6.45) is 5.33. The van der Waals surface area contributed by atoms with Gasteiger partial charge in [-0.25, -0.2) is 0 Å². The number of halogens is 2. The van der Waals surface area contributed by atoms with Crippen molar-refractivity contribution in [1.82, 2.24) is 0 Å². The first-order valence-corrected chi connectivity index (χ1v) is 9.10. The van der Waals surface area contributed by atoms with Gasteiger partial charge in [0.2, 0.25) is 0 Å². The molecule has 0 aliphatic heterocycles. The van der Waals surface area contributed by atoms with Crippen LogP contribution in [0.5, 0.6) is 0 Å². The van der Waals surface area contributed by atoms with E-state index in [1.165, 1.54) is 0 Å². The topological polar surface area (TPSA) is 34.1 Å². The first-order chi connectivity index (χ1) is 8.69. The number of ketones is 2. The van der Waals surface area contributed by atoms with Gasteiger partial charge < -0.3 is 0 Å². The Balaban J connectivity index is 2.01. The van der Waals surface area contributed by atoms with Gasteiger partial charge in [-0.15, -0.1) is 0 Å². The van der Waals surface area contributed by atoms with E-state index in [-0.39, 0.29) is 11.8 Å². The van der Waals surface area contributed by atoms with Crippen molar-refractivity contribution in [2.24, 2.45) is 23.7 Å². The average Bonchev–Trinajstić information content (AvgIpc) is 2.79. The maximum Gasteiger partial charge on any atom is 0.136 e. The average molecular weight is 380 g/mol. The van der Waals surface area contributed by atoms with Gasteiger partial charge in [0.25, 0.3) is 0 Å². The van der Waals surface area contributed by atoms with E-state index in [0.717, 1.165) is 36.3 Å². The minimum atomic E-state index is 0.172. The summed E-state index contributed by atoms with van der Waals surface area (Å²) in [4.78, 5) is 24.2. The molecule has 2 nitrogen and oxygen atoms in total. The lowest BCUT2D eigenvalue weighted by atomic mass is 9.85. The predicted octanol–water partition coefficient (Wildman–Crippen LogP) is 3.75. The molecule has 18 heavy (non-hydrogen) atoms. The summed E-state index contributed by atoms with van der Waals surface area (Å²) in [7, 11) is 0. The number of hydrogen-bond acceptors (Lipinski definition) is 2. The molecule has 2 aliphatic carbocycles. The molecule has 4 heteroatoms. The minimum absolute atomic E-state index is 0.172. The maximum absolute atomic E-state index is 12.1. The van der Waals surface area contributed by atoms with Crippen molar-refractivity contribution >= 4 is 43.4 Å². The van der Waals surface area contributed by atoms with E-state index in [9.17, 15) is 9.59 Å². The van der Waals surface area contributed by atoms with Gasteiger partial charge in [-0.2, -0.15) is 0 Å². The van der Waals surface area contributed by atoms with Crippen molar-refractivity contribution in [1.29, 1.82) is 0 Å². The molecule has 0 N–H and O–H groups in total. The lowest BCUT2D eigenvalue weighted by Crippen LogP contribution is -2.15. The Morgan fingerprint density at radius 3 is 1.56 bits per heavy atom. The number of rotatable bonds is 6. The molecule has 0 amide bonds. The van der Waals surface area contributed by atoms with Gasteiger partial charge in [0.15, 0.2) is 0 Å². The Morgan fingerprint density at radius 1 is 0.833 bits per heavy atom. The van der Waals surface area contributed by atoms with Crippen LogP contribution in [0.15, 0.2) is 0 Å². The van der Waals surface area contributed by atoms with Gasteiger partial charge in [0.05, 0.1) is 0 Å². The summed E-state index contributed by atoms with van der Waals surface area (Å²) >= 11 is 6.85. The van der Waals surface area contributed by atoms with E-state index in [4.69, 9.17) is 0 Å². The largest absolute Gasteiger partial charge is 0.299 e. The molecule has 2 rings (SSSR count). The molecule has 2 fully saturated rings. The van der Waals surface area contributed by atoms with Gasteiger partial charge in [0.1, 0.15) is 11.6 Å². The van der Waals surface area contributed by atoms with Crippen LogP contribution in [0.3, 0.4) is 0 Å². The molecule has 0 aromatic heterocycles. The molecule has 0 spiro atoms. The molecule has 4 atom stereocenters. The highest BCUT2D eigenvalue weighted by atomic mass is 79.9. The molecule has 0 heterocycles. The zero-order valence-corrected chi connectivity index (χ0v) is 13.7. The van der Waals surface area contributed by atoms with Crippen LogP contribution in [0.2, 0.25) is 0 Å². The van der Waals surface area contributed by atoms with Crippen LogP contribution in [0, 0.1) is 23.7 Å². The van der Waals surface area contributed by atoms with Crippen LogP contribution in [0.25, 0.3) is 0 Å². The van der Waals surface area contributed by atoms with Gasteiger partial charge >= 0.3 is 0 Å². The number of Topliss-reactive ketones (excluding diaryl/α,β-unsaturated/α-hetero) is 2. The van der Waals surface area contributed by atoms with Crippen LogP contribution in [-0.2, 0) is 9.59 Å². The van der Waals surface area contributed by atoms with Crippen LogP contribution < -0.4 is 0 Å². The first-order valence-electron chi connectivity index (χ1n) is 6.86. The van der Waals surface area contributed by atoms with Crippen molar-refractivity contribution in [3.8, 4) is 0 Å². The third-order valence-electron chi connectivity index (χ3n) is 4.58. The third kappa shape index (κ3) is 2.90. The SMILES string of the molecule is O=C1C[C@@H]2C(CCCBr)C(=O)C[C@@H]2C1CCCBr. The van der Waals surface area contributed by atoms with Crippen molar-refractivity contribution in [3.63, 3.8) is 0 Å². The van der Waals surface area contributed by atoms with Crippen molar-refractivity contribution in [2.45, 2.75) is 38.5 Å². The molecule has 0 radical (unpaired) electrons. The molecule has 2 saturated carbocycles. The van der Waals surface area contributed by atoms with E-state index in [1.54, 1.807) is 0 Å². The molecule has 2 unspecified atom stereocenters. The molecular formula is C14H20Br2O2. The molecule has 102 valence electrons. The van der Waals surface area contributed by atoms with E-state index in [2.05, 4.69) is 31.9 Å². The summed E-state index contributed by atoms with van der Waals surface area (Å²) in [6, 6.07) is 0. The van der Waals surface area contributed by atoms with Gasteiger partial charge in [-0.1, -0.05) is 31.9 Å². The van der Waals surface area contributed by atoms with Crippen LogP contribution in [0.1, 0.15) is 38.5 Å². The third-order valence-corrected chi connectivity index (χ3v) is 5.70. The lowest BCUT2D eigenvalue weighted by molar-refractivity contribution is -0.124. The fraction of sp³-hybridized carbons (Fsp3) is 0.857. The van der Waals surface area contributed by atoms with Crippen LogP contribution >= 0.6 is 31.9 Å². The number of carbonyl (C=O) groups is 2. The number of fused-ring (bicyclic) bond motifs is 1. The monoisotopic (exact) mass is 378 g/mol. The summed E-state index contributed by atoms with van der Waals surface area (Å²) in [5, 5.41) is 1.91.